The molecule has 0 fully saturated rings. The Morgan fingerprint density at radius 3 is 2.50 bits per heavy atom. The van der Waals surface area contributed by atoms with E-state index in [1.54, 1.807) is 13.0 Å². The molecule has 4 nitrogen and oxygen atoms in total. The third-order valence-electron chi connectivity index (χ3n) is 1.97. The summed E-state index contributed by atoms with van der Waals surface area (Å²) in [5, 5.41) is 0.299. The molecule has 0 unspecified atom stereocenters. The van der Waals surface area contributed by atoms with Crippen LogP contribution in [0.3, 0.4) is 0 Å². The first kappa shape index (κ1) is 14.6. The number of nitrogens with two attached hydrogens (primary N) is 1. The number of rotatable bonds is 3. The highest BCUT2D eigenvalue weighted by Gasteiger charge is 2.22. The topological polar surface area (TPSA) is 61.5 Å². The van der Waals surface area contributed by atoms with Gasteiger partial charge in [0.05, 0.1) is 11.6 Å². The number of nitrogen functional groups attached to an aromatic ring is 1. The Kier molecular flexibility index (Phi) is 4.46. The highest BCUT2D eigenvalue weighted by atomic mass is 35.5. The van der Waals surface area contributed by atoms with Crippen LogP contribution in [0.5, 0.6) is 5.75 Å². The van der Waals surface area contributed by atoms with Crippen LogP contribution in [0.1, 0.15) is 38.1 Å². The number of hydrogen-bond donors (Lipinski definition) is 1. The number of benzene rings is 1. The van der Waals surface area contributed by atoms with E-state index in [2.05, 4.69) is 0 Å². The lowest BCUT2D eigenvalue weighted by molar-refractivity contribution is 0.0513. The number of ether oxygens (including phenoxy) is 2. The number of carbonyl (C=O) groups is 1. The van der Waals surface area contributed by atoms with E-state index in [4.69, 9.17) is 26.8 Å². The molecule has 5 heteroatoms. The molecule has 0 aromatic heterocycles. The van der Waals surface area contributed by atoms with Gasteiger partial charge in [-0.15, -0.1) is 0 Å². The van der Waals surface area contributed by atoms with Crippen LogP contribution in [0.15, 0.2) is 12.1 Å². The zero-order valence-electron chi connectivity index (χ0n) is 11.0. The monoisotopic (exact) mass is 271 g/mol. The molecule has 1 rings (SSSR count). The fraction of sp³-hybridized carbons (Fsp3) is 0.462. The molecule has 1 aromatic carbocycles. The molecule has 0 spiro atoms. The molecule has 0 amide bonds. The normalized spacial score (nSPS) is 11.2. The van der Waals surface area contributed by atoms with Gasteiger partial charge in [0, 0.05) is 5.69 Å². The maximum Gasteiger partial charge on any atom is 0.342 e. The van der Waals surface area contributed by atoms with Gasteiger partial charge in [0.2, 0.25) is 0 Å². The Balaban J connectivity index is 3.25. The SMILES string of the molecule is CCOC(=O)c1cc(N)cc(Cl)c1OC(C)(C)C. The Morgan fingerprint density at radius 2 is 2.00 bits per heavy atom. The first-order valence-electron chi connectivity index (χ1n) is 5.69. The number of hydrogen-bond acceptors (Lipinski definition) is 4. The fourth-order valence-corrected chi connectivity index (χ4v) is 1.65. The second kappa shape index (κ2) is 5.48. The number of anilines is 1. The van der Waals surface area contributed by atoms with Gasteiger partial charge in [-0.3, -0.25) is 0 Å². The van der Waals surface area contributed by atoms with E-state index in [-0.39, 0.29) is 12.2 Å². The van der Waals surface area contributed by atoms with Crippen molar-refractivity contribution in [2.45, 2.75) is 33.3 Å². The summed E-state index contributed by atoms with van der Waals surface area (Å²) in [5.74, 6) is -0.192. The summed E-state index contributed by atoms with van der Waals surface area (Å²) in [6.45, 7) is 7.62. The molecule has 0 aliphatic heterocycles. The summed E-state index contributed by atoms with van der Waals surface area (Å²) in [7, 11) is 0. The molecular weight excluding hydrogens is 254 g/mol. The summed E-state index contributed by atoms with van der Waals surface area (Å²) in [6.07, 6.45) is 0. The van der Waals surface area contributed by atoms with Crippen molar-refractivity contribution in [3.8, 4) is 5.75 Å². The van der Waals surface area contributed by atoms with Crippen LogP contribution in [-0.4, -0.2) is 18.2 Å². The van der Waals surface area contributed by atoms with Gasteiger partial charge in [-0.1, -0.05) is 11.6 Å². The van der Waals surface area contributed by atoms with E-state index in [0.717, 1.165) is 0 Å². The molecule has 100 valence electrons. The van der Waals surface area contributed by atoms with Crippen LogP contribution < -0.4 is 10.5 Å². The van der Waals surface area contributed by atoms with Crippen molar-refractivity contribution in [1.29, 1.82) is 0 Å². The van der Waals surface area contributed by atoms with E-state index in [9.17, 15) is 4.79 Å². The smallest absolute Gasteiger partial charge is 0.342 e. The third kappa shape index (κ3) is 3.81. The summed E-state index contributed by atoms with van der Waals surface area (Å²) >= 11 is 6.07. The van der Waals surface area contributed by atoms with Gasteiger partial charge < -0.3 is 15.2 Å². The first-order valence-corrected chi connectivity index (χ1v) is 6.07. The summed E-state index contributed by atoms with van der Waals surface area (Å²) in [6, 6.07) is 3.05. The molecule has 0 saturated heterocycles. The quantitative estimate of drug-likeness (QED) is 0.677. The van der Waals surface area contributed by atoms with Crippen LogP contribution in [0, 0.1) is 0 Å². The van der Waals surface area contributed by atoms with E-state index < -0.39 is 11.6 Å². The Hall–Kier alpha value is -1.42. The number of halogens is 1. The van der Waals surface area contributed by atoms with Crippen molar-refractivity contribution in [1.82, 2.24) is 0 Å². The molecule has 0 atom stereocenters. The maximum atomic E-state index is 11.8. The van der Waals surface area contributed by atoms with Gasteiger partial charge in [-0.2, -0.15) is 0 Å². The highest BCUT2D eigenvalue weighted by Crippen LogP contribution is 2.34. The highest BCUT2D eigenvalue weighted by molar-refractivity contribution is 6.33. The van der Waals surface area contributed by atoms with Crippen LogP contribution in [-0.2, 0) is 4.74 Å². The van der Waals surface area contributed by atoms with Gasteiger partial charge in [-0.05, 0) is 39.8 Å². The zero-order chi connectivity index (χ0) is 13.9. The van der Waals surface area contributed by atoms with Crippen LogP contribution in [0.25, 0.3) is 0 Å². The maximum absolute atomic E-state index is 11.8. The summed E-state index contributed by atoms with van der Waals surface area (Å²) in [4.78, 5) is 11.8. The standard InChI is InChI=1S/C13H18ClNO3/c1-5-17-12(16)9-6-8(15)7-10(14)11(9)18-13(2,3)4/h6-7H,5,15H2,1-4H3. The van der Waals surface area contributed by atoms with Crippen molar-refractivity contribution >= 4 is 23.3 Å². The number of carbonyl (C=O) groups excluding carboxylic acids is 1. The van der Waals surface area contributed by atoms with Gasteiger partial charge in [0.25, 0.3) is 0 Å². The lowest BCUT2D eigenvalue weighted by Crippen LogP contribution is -2.24. The zero-order valence-corrected chi connectivity index (χ0v) is 11.8. The molecule has 0 aliphatic rings. The van der Waals surface area contributed by atoms with Crippen molar-refractivity contribution in [3.63, 3.8) is 0 Å². The van der Waals surface area contributed by atoms with E-state index >= 15 is 0 Å². The van der Waals surface area contributed by atoms with Crippen LogP contribution in [0.2, 0.25) is 5.02 Å². The predicted molar refractivity (Wildman–Crippen MR) is 72.2 cm³/mol. The van der Waals surface area contributed by atoms with Gasteiger partial charge >= 0.3 is 5.97 Å². The lowest BCUT2D eigenvalue weighted by Gasteiger charge is -2.24. The Morgan fingerprint density at radius 1 is 1.39 bits per heavy atom. The molecule has 2 N–H and O–H groups in total. The van der Waals surface area contributed by atoms with Gasteiger partial charge in [0.15, 0.2) is 5.75 Å². The minimum atomic E-state index is -0.494. The van der Waals surface area contributed by atoms with Crippen molar-refractivity contribution in [2.24, 2.45) is 0 Å². The van der Waals surface area contributed by atoms with Crippen LogP contribution >= 0.6 is 11.6 Å². The van der Waals surface area contributed by atoms with E-state index in [1.165, 1.54) is 6.07 Å². The van der Waals surface area contributed by atoms with Crippen molar-refractivity contribution in [2.75, 3.05) is 12.3 Å². The van der Waals surface area contributed by atoms with Crippen molar-refractivity contribution < 1.29 is 14.3 Å². The lowest BCUT2D eigenvalue weighted by atomic mass is 10.1. The number of esters is 1. The molecule has 0 aliphatic carbocycles. The largest absolute Gasteiger partial charge is 0.486 e. The minimum absolute atomic E-state index is 0.247. The molecular formula is C13H18ClNO3. The van der Waals surface area contributed by atoms with Gasteiger partial charge in [-0.25, -0.2) is 4.79 Å². The van der Waals surface area contributed by atoms with Crippen LogP contribution in [0.4, 0.5) is 5.69 Å². The molecule has 0 saturated carbocycles. The molecule has 0 radical (unpaired) electrons. The molecule has 0 heterocycles. The summed E-state index contributed by atoms with van der Waals surface area (Å²) < 4.78 is 10.7. The molecule has 1 aromatic rings. The van der Waals surface area contributed by atoms with E-state index in [1.807, 2.05) is 20.8 Å². The first-order chi connectivity index (χ1) is 8.24. The summed E-state index contributed by atoms with van der Waals surface area (Å²) in [5.41, 5.74) is 5.85. The predicted octanol–water partition coefficient (Wildman–Crippen LogP) is 3.28. The second-order valence-electron chi connectivity index (χ2n) is 4.81. The fourth-order valence-electron chi connectivity index (χ4n) is 1.38. The average Bonchev–Trinajstić information content (AvgIpc) is 2.20. The Labute approximate surface area is 112 Å². The Bertz CT molecular complexity index is 452. The van der Waals surface area contributed by atoms with E-state index in [0.29, 0.717) is 16.5 Å². The minimum Gasteiger partial charge on any atom is -0.486 e. The average molecular weight is 272 g/mol. The molecule has 18 heavy (non-hydrogen) atoms. The van der Waals surface area contributed by atoms with Gasteiger partial charge in [0.1, 0.15) is 11.2 Å². The van der Waals surface area contributed by atoms with Crippen molar-refractivity contribution in [3.05, 3.63) is 22.7 Å². The molecule has 0 bridgehead atoms. The third-order valence-corrected chi connectivity index (χ3v) is 2.25. The second-order valence-corrected chi connectivity index (χ2v) is 5.22.